The van der Waals surface area contributed by atoms with Crippen molar-refractivity contribution >= 4 is 17.9 Å². The normalized spacial score (nSPS) is 16.2. The zero-order chi connectivity index (χ0) is 26.2. The average molecular weight is 492 g/mol. The van der Waals surface area contributed by atoms with Crippen molar-refractivity contribution in [1.29, 1.82) is 0 Å². The fourth-order valence-electron chi connectivity index (χ4n) is 4.52. The van der Waals surface area contributed by atoms with Crippen LogP contribution in [-0.4, -0.2) is 70.5 Å². The Morgan fingerprint density at radius 2 is 1.69 bits per heavy atom. The van der Waals surface area contributed by atoms with Crippen molar-refractivity contribution in [3.05, 3.63) is 34.9 Å². The first-order valence-corrected chi connectivity index (χ1v) is 12.4. The van der Waals surface area contributed by atoms with E-state index in [1.165, 1.54) is 4.90 Å². The summed E-state index contributed by atoms with van der Waals surface area (Å²) in [4.78, 5) is 40.9. The van der Waals surface area contributed by atoms with Crippen molar-refractivity contribution < 1.29 is 29.3 Å². The number of nitrogens with zero attached hydrogens (tertiary/aromatic N) is 1. The molecule has 1 aliphatic rings. The molecule has 2 atom stereocenters. The number of aliphatic hydroxyl groups is 2. The van der Waals surface area contributed by atoms with Gasteiger partial charge in [-0.2, -0.15) is 0 Å². The summed E-state index contributed by atoms with van der Waals surface area (Å²) in [6.07, 6.45) is 4.09. The van der Waals surface area contributed by atoms with Crippen LogP contribution in [0.4, 0.5) is 4.79 Å². The van der Waals surface area contributed by atoms with Crippen molar-refractivity contribution in [2.24, 2.45) is 0 Å². The standard InChI is InChI=1S/C26H41N3O6/c1-17-10-9-11-18(2)21(17)22(23(32)27-19-12-7-6-8-13-19)29(14-15-30)24(33)20(16-31)28-25(34)35-26(3,4)5/h9-11,19-20,22,30-31H,6-8,12-16H2,1-5H3,(H,27,32)(H,28,34). The van der Waals surface area contributed by atoms with Crippen molar-refractivity contribution in [3.63, 3.8) is 0 Å². The number of amides is 3. The molecule has 1 aromatic rings. The predicted molar refractivity (Wildman–Crippen MR) is 133 cm³/mol. The Kier molecular flexibility index (Phi) is 10.5. The molecule has 0 saturated heterocycles. The monoisotopic (exact) mass is 491 g/mol. The molecule has 2 unspecified atom stereocenters. The molecule has 9 heteroatoms. The third kappa shape index (κ3) is 8.21. The third-order valence-corrected chi connectivity index (χ3v) is 6.12. The zero-order valence-electron chi connectivity index (χ0n) is 21.6. The maximum absolute atomic E-state index is 13.7. The predicted octanol–water partition coefficient (Wildman–Crippen LogP) is 2.50. The first-order valence-electron chi connectivity index (χ1n) is 12.4. The highest BCUT2D eigenvalue weighted by Crippen LogP contribution is 2.29. The first-order chi connectivity index (χ1) is 16.5. The summed E-state index contributed by atoms with van der Waals surface area (Å²) in [5.74, 6) is -1.02. The van der Waals surface area contributed by atoms with Crippen LogP contribution in [0.15, 0.2) is 18.2 Å². The number of carbonyl (C=O) groups is 3. The minimum Gasteiger partial charge on any atom is -0.444 e. The molecule has 0 spiro atoms. The summed E-state index contributed by atoms with van der Waals surface area (Å²) in [5.41, 5.74) is 1.52. The molecule has 3 amide bonds. The lowest BCUT2D eigenvalue weighted by atomic mass is 9.92. The smallest absolute Gasteiger partial charge is 0.408 e. The number of benzene rings is 1. The van der Waals surface area contributed by atoms with E-state index in [0.717, 1.165) is 43.2 Å². The molecule has 0 heterocycles. The van der Waals surface area contributed by atoms with E-state index >= 15 is 0 Å². The highest BCUT2D eigenvalue weighted by atomic mass is 16.6. The lowest BCUT2D eigenvalue weighted by Gasteiger charge is -2.36. The second-order valence-corrected chi connectivity index (χ2v) is 10.2. The van der Waals surface area contributed by atoms with Crippen molar-refractivity contribution in [2.75, 3.05) is 19.8 Å². The van der Waals surface area contributed by atoms with Crippen LogP contribution < -0.4 is 10.6 Å². The van der Waals surface area contributed by atoms with Gasteiger partial charge in [-0.1, -0.05) is 37.5 Å². The van der Waals surface area contributed by atoms with Crippen LogP contribution in [0, 0.1) is 13.8 Å². The van der Waals surface area contributed by atoms with Crippen LogP contribution in [-0.2, 0) is 14.3 Å². The van der Waals surface area contributed by atoms with E-state index in [1.807, 2.05) is 32.0 Å². The van der Waals surface area contributed by atoms with E-state index in [4.69, 9.17) is 4.74 Å². The van der Waals surface area contributed by atoms with Crippen LogP contribution in [0.3, 0.4) is 0 Å². The van der Waals surface area contributed by atoms with Crippen molar-refractivity contribution in [3.8, 4) is 0 Å². The summed E-state index contributed by atoms with van der Waals surface area (Å²) in [7, 11) is 0. The lowest BCUT2D eigenvalue weighted by molar-refractivity contribution is -0.144. The minimum atomic E-state index is -1.34. The van der Waals surface area contributed by atoms with Gasteiger partial charge in [-0.3, -0.25) is 9.59 Å². The van der Waals surface area contributed by atoms with Crippen molar-refractivity contribution in [1.82, 2.24) is 15.5 Å². The molecule has 1 saturated carbocycles. The Balaban J connectivity index is 2.42. The second-order valence-electron chi connectivity index (χ2n) is 10.2. The van der Waals surface area contributed by atoms with Gasteiger partial charge >= 0.3 is 6.09 Å². The van der Waals surface area contributed by atoms with Gasteiger partial charge in [-0.25, -0.2) is 4.79 Å². The van der Waals surface area contributed by atoms with Gasteiger partial charge < -0.3 is 30.5 Å². The number of rotatable bonds is 9. The zero-order valence-corrected chi connectivity index (χ0v) is 21.6. The molecule has 4 N–H and O–H groups in total. The molecule has 196 valence electrons. The minimum absolute atomic E-state index is 0.0164. The third-order valence-electron chi connectivity index (χ3n) is 6.12. The maximum Gasteiger partial charge on any atom is 0.408 e. The number of hydrogen-bond donors (Lipinski definition) is 4. The molecule has 35 heavy (non-hydrogen) atoms. The van der Waals surface area contributed by atoms with Gasteiger partial charge in [-0.15, -0.1) is 0 Å². The summed E-state index contributed by atoms with van der Waals surface area (Å²) in [6.45, 7) is 7.56. The van der Waals surface area contributed by atoms with Crippen LogP contribution in [0.5, 0.6) is 0 Å². The number of aliphatic hydroxyl groups excluding tert-OH is 2. The molecule has 2 rings (SSSR count). The van der Waals surface area contributed by atoms with E-state index < -0.39 is 42.9 Å². The van der Waals surface area contributed by atoms with E-state index in [9.17, 15) is 24.6 Å². The first kappa shape index (κ1) is 28.6. The molecule has 0 aromatic heterocycles. The summed E-state index contributed by atoms with van der Waals surface area (Å²) >= 11 is 0. The Hall–Kier alpha value is -2.65. The molecule has 1 aromatic carbocycles. The van der Waals surface area contributed by atoms with Gasteiger partial charge in [0.2, 0.25) is 11.8 Å². The Bertz CT molecular complexity index is 856. The molecular weight excluding hydrogens is 450 g/mol. The Morgan fingerprint density at radius 3 is 2.20 bits per heavy atom. The topological polar surface area (TPSA) is 128 Å². The van der Waals surface area contributed by atoms with Gasteiger partial charge in [0.1, 0.15) is 17.7 Å². The molecule has 0 bridgehead atoms. The van der Waals surface area contributed by atoms with Gasteiger partial charge in [0.25, 0.3) is 0 Å². The van der Waals surface area contributed by atoms with Crippen LogP contribution in [0.25, 0.3) is 0 Å². The molecule has 1 fully saturated rings. The maximum atomic E-state index is 13.7. The molecular formula is C26H41N3O6. The van der Waals surface area contributed by atoms with E-state index in [-0.39, 0.29) is 18.5 Å². The second kappa shape index (κ2) is 12.9. The summed E-state index contributed by atoms with van der Waals surface area (Å²) < 4.78 is 5.23. The quantitative estimate of drug-likeness (QED) is 0.420. The van der Waals surface area contributed by atoms with E-state index in [1.54, 1.807) is 20.8 Å². The molecule has 1 aliphatic carbocycles. The SMILES string of the molecule is Cc1cccc(C)c1C(C(=O)NC1CCCCC1)N(CCO)C(=O)C(CO)NC(=O)OC(C)(C)C. The number of hydrogen-bond acceptors (Lipinski definition) is 6. The molecule has 0 radical (unpaired) electrons. The van der Waals surface area contributed by atoms with Gasteiger partial charge in [0.15, 0.2) is 0 Å². The van der Waals surface area contributed by atoms with E-state index in [2.05, 4.69) is 10.6 Å². The van der Waals surface area contributed by atoms with Crippen LogP contribution in [0.2, 0.25) is 0 Å². The highest BCUT2D eigenvalue weighted by molar-refractivity contribution is 5.92. The number of nitrogens with one attached hydrogen (secondary N) is 2. The van der Waals surface area contributed by atoms with Gasteiger partial charge in [0, 0.05) is 12.6 Å². The summed E-state index contributed by atoms with van der Waals surface area (Å²) in [6, 6.07) is 3.25. The number of carbonyl (C=O) groups excluding carboxylic acids is 3. The van der Waals surface area contributed by atoms with Crippen LogP contribution >= 0.6 is 0 Å². The van der Waals surface area contributed by atoms with Crippen molar-refractivity contribution in [2.45, 2.75) is 90.4 Å². The Morgan fingerprint density at radius 1 is 1.09 bits per heavy atom. The number of aryl methyl sites for hydroxylation is 2. The van der Waals surface area contributed by atoms with Gasteiger partial charge in [-0.05, 0) is 64.2 Å². The largest absolute Gasteiger partial charge is 0.444 e. The fraction of sp³-hybridized carbons (Fsp3) is 0.654. The summed E-state index contributed by atoms with van der Waals surface area (Å²) in [5, 5.41) is 25.3. The molecule has 0 aliphatic heterocycles. The number of ether oxygens (including phenoxy) is 1. The lowest BCUT2D eigenvalue weighted by Crippen LogP contribution is -2.55. The van der Waals surface area contributed by atoms with E-state index in [0.29, 0.717) is 5.56 Å². The Labute approximate surface area is 208 Å². The van der Waals surface area contributed by atoms with Crippen LogP contribution in [0.1, 0.15) is 75.6 Å². The molecule has 9 nitrogen and oxygen atoms in total. The highest BCUT2D eigenvalue weighted by Gasteiger charge is 2.38. The van der Waals surface area contributed by atoms with Gasteiger partial charge in [0.05, 0.1) is 13.2 Å². The number of alkyl carbamates (subject to hydrolysis) is 1. The fourth-order valence-corrected chi connectivity index (χ4v) is 4.52. The average Bonchev–Trinajstić information content (AvgIpc) is 2.78.